The molecule has 124 valence electrons. The van der Waals surface area contributed by atoms with Gasteiger partial charge in [0.05, 0.1) is 11.9 Å². The Morgan fingerprint density at radius 1 is 1.17 bits per heavy atom. The number of carbonyl (C=O) groups excluding carboxylic acids is 1. The average molecular weight is 313 g/mol. The molecule has 1 saturated carbocycles. The van der Waals surface area contributed by atoms with Gasteiger partial charge in [0.1, 0.15) is 5.69 Å². The number of rotatable bonds is 6. The first-order valence-corrected chi connectivity index (χ1v) is 9.00. The molecule has 0 aliphatic heterocycles. The maximum absolute atomic E-state index is 12.1. The van der Waals surface area contributed by atoms with Crippen LogP contribution in [0.1, 0.15) is 68.3 Å². The highest BCUT2D eigenvalue weighted by Crippen LogP contribution is 2.20. The van der Waals surface area contributed by atoms with Crippen molar-refractivity contribution < 1.29 is 4.79 Å². The highest BCUT2D eigenvalue weighted by atomic mass is 16.1. The van der Waals surface area contributed by atoms with E-state index in [2.05, 4.69) is 21.7 Å². The number of hydrogen-bond donors (Lipinski definition) is 2. The van der Waals surface area contributed by atoms with Gasteiger partial charge in [0.15, 0.2) is 0 Å². The zero-order valence-electron chi connectivity index (χ0n) is 13.8. The van der Waals surface area contributed by atoms with Gasteiger partial charge >= 0.3 is 0 Å². The molecule has 0 unspecified atom stereocenters. The summed E-state index contributed by atoms with van der Waals surface area (Å²) in [6.07, 6.45) is 15.0. The number of anilines is 1. The molecule has 0 spiro atoms. The number of aromatic nitrogens is 1. The Labute approximate surface area is 138 Å². The summed E-state index contributed by atoms with van der Waals surface area (Å²) in [5, 5.41) is 6.47. The van der Waals surface area contributed by atoms with E-state index in [1.54, 1.807) is 11.8 Å². The predicted molar refractivity (Wildman–Crippen MR) is 93.6 cm³/mol. The van der Waals surface area contributed by atoms with E-state index in [4.69, 9.17) is 0 Å². The van der Waals surface area contributed by atoms with Crippen molar-refractivity contribution >= 4 is 11.6 Å². The SMILES string of the molecule is O=C(NC1CCCC1)c1ccc(NCCC2=CCCCC2)cn1. The van der Waals surface area contributed by atoms with E-state index in [-0.39, 0.29) is 5.91 Å². The zero-order valence-corrected chi connectivity index (χ0v) is 13.8. The number of carbonyl (C=O) groups is 1. The molecule has 4 heteroatoms. The van der Waals surface area contributed by atoms with Crippen molar-refractivity contribution in [3.63, 3.8) is 0 Å². The van der Waals surface area contributed by atoms with E-state index < -0.39 is 0 Å². The van der Waals surface area contributed by atoms with Gasteiger partial charge in [0.25, 0.3) is 5.91 Å². The molecule has 1 amide bonds. The van der Waals surface area contributed by atoms with E-state index in [0.717, 1.165) is 31.5 Å². The van der Waals surface area contributed by atoms with Crippen LogP contribution < -0.4 is 10.6 Å². The lowest BCUT2D eigenvalue weighted by Crippen LogP contribution is -2.33. The molecule has 4 nitrogen and oxygen atoms in total. The first-order chi connectivity index (χ1) is 11.3. The molecule has 2 N–H and O–H groups in total. The van der Waals surface area contributed by atoms with E-state index in [1.165, 1.54) is 38.5 Å². The fourth-order valence-electron chi connectivity index (χ4n) is 3.46. The summed E-state index contributed by atoms with van der Waals surface area (Å²) in [5.41, 5.74) is 3.07. The van der Waals surface area contributed by atoms with Gasteiger partial charge in [-0.1, -0.05) is 24.5 Å². The summed E-state index contributed by atoms with van der Waals surface area (Å²) in [7, 11) is 0. The minimum atomic E-state index is -0.0455. The summed E-state index contributed by atoms with van der Waals surface area (Å²) in [5.74, 6) is -0.0455. The normalized spacial score (nSPS) is 18.5. The molecule has 1 aromatic heterocycles. The second kappa shape index (κ2) is 8.14. The molecule has 23 heavy (non-hydrogen) atoms. The van der Waals surface area contributed by atoms with E-state index in [0.29, 0.717) is 11.7 Å². The van der Waals surface area contributed by atoms with Crippen molar-refractivity contribution in [3.05, 3.63) is 35.7 Å². The largest absolute Gasteiger partial charge is 0.383 e. The second-order valence-corrected chi connectivity index (χ2v) is 6.67. The van der Waals surface area contributed by atoms with Crippen LogP contribution in [-0.4, -0.2) is 23.5 Å². The first kappa shape index (κ1) is 16.0. The third-order valence-corrected chi connectivity index (χ3v) is 4.85. The number of pyridine rings is 1. The summed E-state index contributed by atoms with van der Waals surface area (Å²) in [4.78, 5) is 16.4. The molecular weight excluding hydrogens is 286 g/mol. The van der Waals surface area contributed by atoms with Gasteiger partial charge < -0.3 is 10.6 Å². The minimum Gasteiger partial charge on any atom is -0.383 e. The summed E-state index contributed by atoms with van der Waals surface area (Å²) in [6, 6.07) is 4.10. The van der Waals surface area contributed by atoms with Crippen LogP contribution in [0, 0.1) is 0 Å². The summed E-state index contributed by atoms with van der Waals surface area (Å²) >= 11 is 0. The zero-order chi connectivity index (χ0) is 15.9. The smallest absolute Gasteiger partial charge is 0.270 e. The molecule has 2 aliphatic rings. The fourth-order valence-corrected chi connectivity index (χ4v) is 3.46. The van der Waals surface area contributed by atoms with E-state index in [1.807, 2.05) is 12.1 Å². The van der Waals surface area contributed by atoms with E-state index >= 15 is 0 Å². The number of nitrogens with zero attached hydrogens (tertiary/aromatic N) is 1. The van der Waals surface area contributed by atoms with Gasteiger partial charge in [-0.15, -0.1) is 0 Å². The monoisotopic (exact) mass is 313 g/mol. The third-order valence-electron chi connectivity index (χ3n) is 4.85. The van der Waals surface area contributed by atoms with Crippen LogP contribution in [0.2, 0.25) is 0 Å². The molecule has 0 saturated heterocycles. The molecule has 1 aromatic rings. The second-order valence-electron chi connectivity index (χ2n) is 6.67. The minimum absolute atomic E-state index is 0.0455. The molecule has 0 radical (unpaired) electrons. The van der Waals surface area contributed by atoms with Crippen LogP contribution in [-0.2, 0) is 0 Å². The van der Waals surface area contributed by atoms with Crippen molar-refractivity contribution in [1.29, 1.82) is 0 Å². The molecular formula is C19H27N3O. The molecule has 3 rings (SSSR count). The van der Waals surface area contributed by atoms with Crippen molar-refractivity contribution in [2.24, 2.45) is 0 Å². The Balaban J connectivity index is 1.44. The third kappa shape index (κ3) is 4.81. The quantitative estimate of drug-likeness (QED) is 0.779. The van der Waals surface area contributed by atoms with Crippen molar-refractivity contribution in [2.75, 3.05) is 11.9 Å². The van der Waals surface area contributed by atoms with E-state index in [9.17, 15) is 4.79 Å². The average Bonchev–Trinajstić information content (AvgIpc) is 3.09. The number of hydrogen-bond acceptors (Lipinski definition) is 3. The number of allylic oxidation sites excluding steroid dienone is 1. The Hall–Kier alpha value is -1.84. The lowest BCUT2D eigenvalue weighted by Gasteiger charge is -2.14. The summed E-state index contributed by atoms with van der Waals surface area (Å²) in [6.45, 7) is 0.932. The van der Waals surface area contributed by atoms with Gasteiger partial charge in [-0.2, -0.15) is 0 Å². The lowest BCUT2D eigenvalue weighted by molar-refractivity contribution is 0.0933. The van der Waals surface area contributed by atoms with Crippen LogP contribution in [0.25, 0.3) is 0 Å². The molecule has 2 aliphatic carbocycles. The van der Waals surface area contributed by atoms with Gasteiger partial charge in [-0.05, 0) is 57.1 Å². The topological polar surface area (TPSA) is 54.0 Å². The standard InChI is InChI=1S/C19H27N3O/c23-19(22-16-8-4-5-9-16)18-11-10-17(14-21-18)20-13-12-15-6-2-1-3-7-15/h6,10-11,14,16,20H,1-5,7-9,12-13H2,(H,22,23). The highest BCUT2D eigenvalue weighted by Gasteiger charge is 2.18. The van der Waals surface area contributed by atoms with Crippen LogP contribution in [0.5, 0.6) is 0 Å². The molecule has 1 fully saturated rings. The maximum Gasteiger partial charge on any atom is 0.270 e. The van der Waals surface area contributed by atoms with Gasteiger partial charge in [-0.3, -0.25) is 4.79 Å². The highest BCUT2D eigenvalue weighted by molar-refractivity contribution is 5.92. The predicted octanol–water partition coefficient (Wildman–Crippen LogP) is 4.06. The molecule has 1 heterocycles. The van der Waals surface area contributed by atoms with Crippen molar-refractivity contribution in [1.82, 2.24) is 10.3 Å². The molecule has 0 aromatic carbocycles. The van der Waals surface area contributed by atoms with Gasteiger partial charge in [0, 0.05) is 12.6 Å². The molecule has 0 bridgehead atoms. The van der Waals surface area contributed by atoms with Crippen molar-refractivity contribution in [3.8, 4) is 0 Å². The van der Waals surface area contributed by atoms with Crippen molar-refractivity contribution in [2.45, 2.75) is 63.8 Å². The number of amides is 1. The van der Waals surface area contributed by atoms with Crippen LogP contribution in [0.15, 0.2) is 30.0 Å². The first-order valence-electron chi connectivity index (χ1n) is 9.00. The van der Waals surface area contributed by atoms with Crippen LogP contribution in [0.3, 0.4) is 0 Å². The Morgan fingerprint density at radius 2 is 2.04 bits per heavy atom. The fraction of sp³-hybridized carbons (Fsp3) is 0.579. The Morgan fingerprint density at radius 3 is 2.74 bits per heavy atom. The summed E-state index contributed by atoms with van der Waals surface area (Å²) < 4.78 is 0. The van der Waals surface area contributed by atoms with Gasteiger partial charge in [0.2, 0.25) is 0 Å². The van der Waals surface area contributed by atoms with Crippen LogP contribution in [0.4, 0.5) is 5.69 Å². The Kier molecular flexibility index (Phi) is 5.67. The Bertz CT molecular complexity index is 544. The van der Waals surface area contributed by atoms with Gasteiger partial charge in [-0.25, -0.2) is 4.98 Å². The maximum atomic E-state index is 12.1. The number of nitrogens with one attached hydrogen (secondary N) is 2. The van der Waals surface area contributed by atoms with Crippen LogP contribution >= 0.6 is 0 Å². The molecule has 0 atom stereocenters. The lowest BCUT2D eigenvalue weighted by atomic mass is 9.97.